The van der Waals surface area contributed by atoms with Crippen LogP contribution in [0, 0.1) is 0 Å². The second kappa shape index (κ2) is 9.05. The molecule has 0 fully saturated rings. The maximum Gasteiger partial charge on any atom is 0.232 e. The summed E-state index contributed by atoms with van der Waals surface area (Å²) in [5.74, 6) is -0.134. The van der Waals surface area contributed by atoms with Crippen LogP contribution in [0.4, 0.5) is 11.4 Å². The lowest BCUT2D eigenvalue weighted by Crippen LogP contribution is -2.31. The number of halogens is 1. The lowest BCUT2D eigenvalue weighted by atomic mass is 10.1. The maximum absolute atomic E-state index is 12.2. The number of para-hydroxylation sites is 1. The monoisotopic (exact) mass is 394 g/mol. The van der Waals surface area contributed by atoms with Crippen molar-refractivity contribution in [3.63, 3.8) is 0 Å². The summed E-state index contributed by atoms with van der Waals surface area (Å²) in [6.45, 7) is 2.24. The van der Waals surface area contributed by atoms with Gasteiger partial charge in [0, 0.05) is 23.7 Å². The number of carbonyl (C=O) groups is 1. The average Bonchev–Trinajstić information content (AvgIpc) is 2.58. The molecule has 0 heterocycles. The fourth-order valence-electron chi connectivity index (χ4n) is 2.66. The Morgan fingerprint density at radius 3 is 2.54 bits per heavy atom. The molecule has 0 radical (unpaired) electrons. The van der Waals surface area contributed by atoms with E-state index < -0.39 is 10.0 Å². The molecule has 2 rings (SSSR count). The predicted molar refractivity (Wildman–Crippen MR) is 107 cm³/mol. The third kappa shape index (κ3) is 5.75. The Morgan fingerprint density at radius 2 is 1.88 bits per heavy atom. The highest BCUT2D eigenvalue weighted by atomic mass is 35.5. The Labute approximate surface area is 160 Å². The Balaban J connectivity index is 1.98. The summed E-state index contributed by atoms with van der Waals surface area (Å²) in [5, 5.41) is 3.36. The molecule has 2 aromatic carbocycles. The van der Waals surface area contributed by atoms with Gasteiger partial charge in [-0.05, 0) is 42.7 Å². The van der Waals surface area contributed by atoms with E-state index in [9.17, 15) is 13.2 Å². The SMILES string of the molecule is CCc1ccccc1NC(=O)CCCN(c1cccc(Cl)c1)S(C)(=O)=O. The third-order valence-corrected chi connectivity index (χ3v) is 5.36. The first-order chi connectivity index (χ1) is 12.3. The number of benzene rings is 2. The van der Waals surface area contributed by atoms with Crippen LogP contribution in [0.25, 0.3) is 0 Å². The molecule has 0 unspecified atom stereocenters. The van der Waals surface area contributed by atoms with Gasteiger partial charge in [0.05, 0.1) is 11.9 Å². The van der Waals surface area contributed by atoms with Crippen LogP contribution in [0.15, 0.2) is 48.5 Å². The van der Waals surface area contributed by atoms with Crippen LogP contribution in [0.1, 0.15) is 25.3 Å². The Hall–Kier alpha value is -2.05. The number of aryl methyl sites for hydroxylation is 1. The first-order valence-corrected chi connectivity index (χ1v) is 10.6. The number of rotatable bonds is 8. The van der Waals surface area contributed by atoms with E-state index in [-0.39, 0.29) is 18.9 Å². The number of hydrogen-bond donors (Lipinski definition) is 1. The predicted octanol–water partition coefficient (Wildman–Crippen LogP) is 4.09. The minimum absolute atomic E-state index is 0.134. The van der Waals surface area contributed by atoms with E-state index in [1.165, 1.54) is 4.31 Å². The molecule has 0 saturated heterocycles. The maximum atomic E-state index is 12.2. The van der Waals surface area contributed by atoms with Gasteiger partial charge < -0.3 is 5.32 Å². The largest absolute Gasteiger partial charge is 0.326 e. The summed E-state index contributed by atoms with van der Waals surface area (Å²) in [6.07, 6.45) is 2.60. The van der Waals surface area contributed by atoms with Gasteiger partial charge >= 0.3 is 0 Å². The second-order valence-electron chi connectivity index (χ2n) is 5.98. The fraction of sp³-hybridized carbons (Fsp3) is 0.316. The first kappa shape index (κ1) is 20.3. The van der Waals surface area contributed by atoms with Crippen LogP contribution in [-0.2, 0) is 21.2 Å². The molecule has 0 bridgehead atoms. The van der Waals surface area contributed by atoms with Crippen molar-refractivity contribution in [2.75, 3.05) is 22.4 Å². The molecule has 7 heteroatoms. The number of anilines is 2. The van der Waals surface area contributed by atoms with Crippen molar-refractivity contribution in [3.8, 4) is 0 Å². The van der Waals surface area contributed by atoms with Gasteiger partial charge in [-0.1, -0.05) is 42.8 Å². The Kier molecular flexibility index (Phi) is 7.06. The van der Waals surface area contributed by atoms with Gasteiger partial charge in [0.25, 0.3) is 0 Å². The lowest BCUT2D eigenvalue weighted by molar-refractivity contribution is -0.116. The highest BCUT2D eigenvalue weighted by Crippen LogP contribution is 2.22. The van der Waals surface area contributed by atoms with Crippen LogP contribution < -0.4 is 9.62 Å². The van der Waals surface area contributed by atoms with E-state index in [4.69, 9.17) is 11.6 Å². The average molecular weight is 395 g/mol. The van der Waals surface area contributed by atoms with Gasteiger partial charge in [0.15, 0.2) is 0 Å². The molecule has 2 aromatic rings. The van der Waals surface area contributed by atoms with Gasteiger partial charge in [-0.25, -0.2) is 8.42 Å². The lowest BCUT2D eigenvalue weighted by Gasteiger charge is -2.22. The van der Waals surface area contributed by atoms with Crippen molar-refractivity contribution in [1.29, 1.82) is 0 Å². The summed E-state index contributed by atoms with van der Waals surface area (Å²) in [4.78, 5) is 12.2. The molecule has 0 aliphatic carbocycles. The summed E-state index contributed by atoms with van der Waals surface area (Å²) in [6, 6.07) is 14.3. The molecule has 0 saturated carbocycles. The number of nitrogens with one attached hydrogen (secondary N) is 1. The van der Waals surface area contributed by atoms with Crippen LogP contribution in [0.2, 0.25) is 5.02 Å². The molecular weight excluding hydrogens is 372 g/mol. The molecule has 0 aliphatic rings. The normalized spacial score (nSPS) is 11.2. The molecule has 1 amide bonds. The Morgan fingerprint density at radius 1 is 1.15 bits per heavy atom. The second-order valence-corrected chi connectivity index (χ2v) is 8.32. The van der Waals surface area contributed by atoms with Crippen LogP contribution in [0.5, 0.6) is 0 Å². The molecule has 26 heavy (non-hydrogen) atoms. The summed E-state index contributed by atoms with van der Waals surface area (Å²) in [7, 11) is -3.46. The quantitative estimate of drug-likeness (QED) is 0.733. The van der Waals surface area contributed by atoms with Crippen molar-refractivity contribution < 1.29 is 13.2 Å². The van der Waals surface area contributed by atoms with Crippen LogP contribution >= 0.6 is 11.6 Å². The fourth-order valence-corrected chi connectivity index (χ4v) is 3.81. The number of nitrogens with zero attached hydrogens (tertiary/aromatic N) is 1. The zero-order valence-corrected chi connectivity index (χ0v) is 16.5. The van der Waals surface area contributed by atoms with Crippen LogP contribution in [-0.4, -0.2) is 27.1 Å². The number of sulfonamides is 1. The molecule has 140 valence electrons. The summed E-state index contributed by atoms with van der Waals surface area (Å²) >= 11 is 5.96. The molecule has 0 aliphatic heterocycles. The van der Waals surface area contributed by atoms with Crippen LogP contribution in [0.3, 0.4) is 0 Å². The van der Waals surface area contributed by atoms with Crippen molar-refractivity contribution in [3.05, 3.63) is 59.1 Å². The number of carbonyl (C=O) groups excluding carboxylic acids is 1. The Bertz CT molecular complexity index is 869. The molecule has 0 aromatic heterocycles. The zero-order chi connectivity index (χ0) is 19.2. The molecule has 0 atom stereocenters. The minimum atomic E-state index is -3.46. The van der Waals surface area contributed by atoms with Gasteiger partial charge in [0.1, 0.15) is 0 Å². The minimum Gasteiger partial charge on any atom is -0.326 e. The third-order valence-electron chi connectivity index (χ3n) is 3.93. The highest BCUT2D eigenvalue weighted by Gasteiger charge is 2.18. The smallest absolute Gasteiger partial charge is 0.232 e. The highest BCUT2D eigenvalue weighted by molar-refractivity contribution is 7.92. The summed E-state index contributed by atoms with van der Waals surface area (Å²) in [5.41, 5.74) is 2.36. The molecule has 5 nitrogen and oxygen atoms in total. The van der Waals surface area contributed by atoms with E-state index in [2.05, 4.69) is 5.32 Å². The molecule has 0 spiro atoms. The van der Waals surface area contributed by atoms with Crippen molar-refractivity contribution >= 4 is 38.9 Å². The van der Waals surface area contributed by atoms with Gasteiger partial charge in [0.2, 0.25) is 15.9 Å². The van der Waals surface area contributed by atoms with E-state index in [1.54, 1.807) is 24.3 Å². The number of hydrogen-bond acceptors (Lipinski definition) is 3. The molecule has 1 N–H and O–H groups in total. The van der Waals surface area contributed by atoms with E-state index in [0.717, 1.165) is 23.9 Å². The van der Waals surface area contributed by atoms with Gasteiger partial charge in [-0.2, -0.15) is 0 Å². The molecular formula is C19H23ClN2O3S. The van der Waals surface area contributed by atoms with E-state index >= 15 is 0 Å². The van der Waals surface area contributed by atoms with Crippen molar-refractivity contribution in [1.82, 2.24) is 0 Å². The first-order valence-electron chi connectivity index (χ1n) is 8.42. The summed E-state index contributed by atoms with van der Waals surface area (Å²) < 4.78 is 25.4. The van der Waals surface area contributed by atoms with E-state index in [1.807, 2.05) is 31.2 Å². The topological polar surface area (TPSA) is 66.5 Å². The number of amides is 1. The van der Waals surface area contributed by atoms with Crippen molar-refractivity contribution in [2.24, 2.45) is 0 Å². The van der Waals surface area contributed by atoms with Gasteiger partial charge in [-0.3, -0.25) is 9.10 Å². The van der Waals surface area contributed by atoms with Gasteiger partial charge in [-0.15, -0.1) is 0 Å². The van der Waals surface area contributed by atoms with E-state index in [0.29, 0.717) is 17.1 Å². The van der Waals surface area contributed by atoms with Crippen molar-refractivity contribution in [2.45, 2.75) is 26.2 Å². The standard InChI is InChI=1S/C19H23ClN2O3S/c1-3-15-8-4-5-11-18(15)21-19(23)12-7-13-22(26(2,24)25)17-10-6-9-16(20)14-17/h4-6,8-11,14H,3,7,12-13H2,1-2H3,(H,21,23). The zero-order valence-electron chi connectivity index (χ0n) is 14.9.